The second-order valence-electron chi connectivity index (χ2n) is 6.09. The Bertz CT molecular complexity index is 592. The lowest BCUT2D eigenvalue weighted by molar-refractivity contribution is -0.218. The number of hydrogen-bond donors (Lipinski definition) is 5. The summed E-state index contributed by atoms with van der Waals surface area (Å²) in [5.41, 5.74) is -1.13. The minimum atomic E-state index is -1.81. The molecule has 0 radical (unpaired) electrons. The molecule has 1 fully saturated rings. The van der Waals surface area contributed by atoms with Gasteiger partial charge in [-0.3, -0.25) is 9.59 Å². The summed E-state index contributed by atoms with van der Waals surface area (Å²) < 4.78 is 5.47. The Morgan fingerprint density at radius 1 is 1.08 bits per heavy atom. The Labute approximate surface area is 145 Å². The number of amides is 2. The number of benzene rings is 1. The van der Waals surface area contributed by atoms with Crippen LogP contribution in [-0.2, 0) is 20.7 Å². The van der Waals surface area contributed by atoms with Crippen LogP contribution in [0.1, 0.15) is 5.56 Å². The van der Waals surface area contributed by atoms with Crippen molar-refractivity contribution in [2.24, 2.45) is 5.41 Å². The zero-order valence-electron chi connectivity index (χ0n) is 14.2. The van der Waals surface area contributed by atoms with E-state index in [0.29, 0.717) is 5.56 Å². The molecule has 0 aliphatic carbocycles. The summed E-state index contributed by atoms with van der Waals surface area (Å²) in [4.78, 5) is 25.5. The van der Waals surface area contributed by atoms with E-state index in [1.807, 2.05) is 0 Å². The largest absolute Gasteiger partial charge is 0.388 e. The van der Waals surface area contributed by atoms with E-state index in [1.54, 1.807) is 30.3 Å². The maximum absolute atomic E-state index is 12.8. The van der Waals surface area contributed by atoms with Crippen LogP contribution in [0.3, 0.4) is 0 Å². The molecule has 5 N–H and O–H groups in total. The van der Waals surface area contributed by atoms with Crippen LogP contribution in [0.4, 0.5) is 0 Å². The molecule has 0 saturated carbocycles. The Kier molecular flexibility index (Phi) is 6.12. The second-order valence-corrected chi connectivity index (χ2v) is 6.09. The van der Waals surface area contributed by atoms with Crippen LogP contribution in [0.15, 0.2) is 30.3 Å². The zero-order chi connectivity index (χ0) is 18.6. The van der Waals surface area contributed by atoms with Gasteiger partial charge in [0.15, 0.2) is 5.41 Å². The highest BCUT2D eigenvalue weighted by Crippen LogP contribution is 2.36. The van der Waals surface area contributed by atoms with Gasteiger partial charge < -0.3 is 30.7 Å². The number of aliphatic hydroxyl groups is 3. The standard InChI is InChI=1S/C17H24N2O6/c1-18-15(23)17(16(24)19-2,8-10-6-4-3-5-7-10)14-13(22)12(21)11(20)9-25-14/h3-7,11-14,20-22H,8-9H2,1-2H3,(H,18,23)(H,19,24)/t11-,12+,13-,14-/m1/s1. The third-order valence-electron chi connectivity index (χ3n) is 4.58. The number of aliphatic hydroxyl groups excluding tert-OH is 3. The smallest absolute Gasteiger partial charge is 0.238 e. The van der Waals surface area contributed by atoms with Crippen molar-refractivity contribution in [1.29, 1.82) is 0 Å². The van der Waals surface area contributed by atoms with Gasteiger partial charge in [0.1, 0.15) is 24.4 Å². The molecule has 138 valence electrons. The van der Waals surface area contributed by atoms with Crippen LogP contribution in [0.25, 0.3) is 0 Å². The highest BCUT2D eigenvalue weighted by molar-refractivity contribution is 6.06. The van der Waals surface area contributed by atoms with Crippen molar-refractivity contribution < 1.29 is 29.6 Å². The van der Waals surface area contributed by atoms with Crippen molar-refractivity contribution in [3.05, 3.63) is 35.9 Å². The van der Waals surface area contributed by atoms with Crippen molar-refractivity contribution in [3.8, 4) is 0 Å². The normalized spacial score (nSPS) is 26.8. The summed E-state index contributed by atoms with van der Waals surface area (Å²) in [5.74, 6) is -1.30. The lowest BCUT2D eigenvalue weighted by atomic mass is 9.71. The number of hydrogen-bond acceptors (Lipinski definition) is 6. The van der Waals surface area contributed by atoms with E-state index in [0.717, 1.165) is 0 Å². The fraction of sp³-hybridized carbons (Fsp3) is 0.529. The van der Waals surface area contributed by atoms with Gasteiger partial charge in [0, 0.05) is 14.1 Å². The van der Waals surface area contributed by atoms with Crippen LogP contribution in [-0.4, -0.2) is 72.3 Å². The Balaban J connectivity index is 2.53. The fourth-order valence-corrected chi connectivity index (χ4v) is 3.23. The SMILES string of the molecule is CNC(=O)C(Cc1ccccc1)(C(=O)NC)[C@@H]1OC[C@@H](O)[C@H](O)[C@H]1O. The molecule has 1 aromatic rings. The molecule has 1 heterocycles. The average Bonchev–Trinajstić information content (AvgIpc) is 2.64. The van der Waals surface area contributed by atoms with Gasteiger partial charge in [-0.15, -0.1) is 0 Å². The molecule has 25 heavy (non-hydrogen) atoms. The minimum Gasteiger partial charge on any atom is -0.388 e. The summed E-state index contributed by atoms with van der Waals surface area (Å²) in [7, 11) is 2.76. The maximum Gasteiger partial charge on any atom is 0.238 e. The number of carbonyl (C=O) groups is 2. The maximum atomic E-state index is 12.8. The highest BCUT2D eigenvalue weighted by atomic mass is 16.5. The quantitative estimate of drug-likeness (QED) is 0.397. The molecular formula is C17H24N2O6. The summed E-state index contributed by atoms with van der Waals surface area (Å²) in [6, 6.07) is 8.84. The van der Waals surface area contributed by atoms with Crippen LogP contribution >= 0.6 is 0 Å². The van der Waals surface area contributed by atoms with E-state index in [4.69, 9.17) is 4.74 Å². The first-order valence-corrected chi connectivity index (χ1v) is 8.02. The first kappa shape index (κ1) is 19.3. The fourth-order valence-electron chi connectivity index (χ4n) is 3.23. The third kappa shape index (κ3) is 3.52. The number of nitrogens with one attached hydrogen (secondary N) is 2. The van der Waals surface area contributed by atoms with E-state index in [9.17, 15) is 24.9 Å². The van der Waals surface area contributed by atoms with Gasteiger partial charge in [-0.05, 0) is 12.0 Å². The number of rotatable bonds is 5. The van der Waals surface area contributed by atoms with Gasteiger partial charge in [-0.2, -0.15) is 0 Å². The van der Waals surface area contributed by atoms with Crippen molar-refractivity contribution >= 4 is 11.8 Å². The molecule has 0 spiro atoms. The van der Waals surface area contributed by atoms with Crippen LogP contribution in [0.5, 0.6) is 0 Å². The Morgan fingerprint density at radius 3 is 2.16 bits per heavy atom. The summed E-state index contributed by atoms with van der Waals surface area (Å²) in [5, 5.41) is 35.0. The molecule has 8 nitrogen and oxygen atoms in total. The molecule has 1 aliphatic heterocycles. The topological polar surface area (TPSA) is 128 Å². The van der Waals surface area contributed by atoms with E-state index in [-0.39, 0.29) is 13.0 Å². The summed E-state index contributed by atoms with van der Waals surface area (Å²) >= 11 is 0. The van der Waals surface area contributed by atoms with E-state index in [1.165, 1.54) is 14.1 Å². The number of carbonyl (C=O) groups excluding carboxylic acids is 2. The van der Waals surface area contributed by atoms with Gasteiger partial charge in [-0.1, -0.05) is 30.3 Å². The first-order chi connectivity index (χ1) is 11.9. The van der Waals surface area contributed by atoms with E-state index >= 15 is 0 Å². The second kappa shape index (κ2) is 7.92. The molecule has 1 aromatic carbocycles. The highest BCUT2D eigenvalue weighted by Gasteiger charge is 2.58. The van der Waals surface area contributed by atoms with Crippen LogP contribution in [0.2, 0.25) is 0 Å². The lowest BCUT2D eigenvalue weighted by Gasteiger charge is -2.44. The molecule has 0 aromatic heterocycles. The molecule has 1 aliphatic rings. The van der Waals surface area contributed by atoms with E-state index in [2.05, 4.69) is 10.6 Å². The van der Waals surface area contributed by atoms with Crippen LogP contribution < -0.4 is 10.6 Å². The monoisotopic (exact) mass is 352 g/mol. The predicted molar refractivity (Wildman–Crippen MR) is 88.5 cm³/mol. The average molecular weight is 352 g/mol. The number of ether oxygens (including phenoxy) is 1. The Morgan fingerprint density at radius 2 is 1.64 bits per heavy atom. The molecule has 1 saturated heterocycles. The van der Waals surface area contributed by atoms with Crippen LogP contribution in [0, 0.1) is 5.41 Å². The van der Waals surface area contributed by atoms with Gasteiger partial charge in [-0.25, -0.2) is 0 Å². The van der Waals surface area contributed by atoms with Gasteiger partial charge in [0.2, 0.25) is 11.8 Å². The predicted octanol–water partition coefficient (Wildman–Crippen LogP) is -1.81. The van der Waals surface area contributed by atoms with E-state index < -0.39 is 41.6 Å². The van der Waals surface area contributed by atoms with Crippen molar-refractivity contribution in [2.75, 3.05) is 20.7 Å². The van der Waals surface area contributed by atoms with Gasteiger partial charge >= 0.3 is 0 Å². The third-order valence-corrected chi connectivity index (χ3v) is 4.58. The minimum absolute atomic E-state index is 0.0439. The zero-order valence-corrected chi connectivity index (χ0v) is 14.2. The Hall–Kier alpha value is -2.00. The molecule has 8 heteroatoms. The van der Waals surface area contributed by atoms with Crippen molar-refractivity contribution in [2.45, 2.75) is 30.8 Å². The van der Waals surface area contributed by atoms with Gasteiger partial charge in [0.05, 0.1) is 6.61 Å². The summed E-state index contributed by atoms with van der Waals surface area (Å²) in [6.45, 7) is -0.298. The first-order valence-electron chi connectivity index (χ1n) is 8.02. The van der Waals surface area contributed by atoms with Crippen molar-refractivity contribution in [3.63, 3.8) is 0 Å². The molecular weight excluding hydrogens is 328 g/mol. The molecule has 0 bridgehead atoms. The van der Waals surface area contributed by atoms with Gasteiger partial charge in [0.25, 0.3) is 0 Å². The van der Waals surface area contributed by atoms with Crippen molar-refractivity contribution in [1.82, 2.24) is 10.6 Å². The molecule has 4 atom stereocenters. The molecule has 0 unspecified atom stereocenters. The molecule has 2 rings (SSSR count). The summed E-state index contributed by atoms with van der Waals surface area (Å²) in [6.07, 6.45) is -5.80. The molecule has 2 amide bonds. The lowest BCUT2D eigenvalue weighted by Crippen LogP contribution is -2.67.